The van der Waals surface area contributed by atoms with E-state index >= 15 is 0 Å². The Morgan fingerprint density at radius 1 is 1.36 bits per heavy atom. The van der Waals surface area contributed by atoms with Crippen molar-refractivity contribution in [1.29, 1.82) is 0 Å². The number of hydrogen-bond donors (Lipinski definition) is 1. The third kappa shape index (κ3) is 2.92. The molecule has 0 aromatic carbocycles. The summed E-state index contributed by atoms with van der Waals surface area (Å²) in [7, 11) is 0. The second-order valence-corrected chi connectivity index (χ2v) is 2.89. The van der Waals surface area contributed by atoms with E-state index in [-0.39, 0.29) is 0 Å². The Kier molecular flexibility index (Phi) is 4.93. The third-order valence-corrected chi connectivity index (χ3v) is 2.25. The molecule has 1 fully saturated rings. The topological polar surface area (TPSA) is 35.2 Å². The highest BCUT2D eigenvalue weighted by molar-refractivity contribution is 4.77. The van der Waals surface area contributed by atoms with Crippen molar-refractivity contribution in [1.82, 2.24) is 0 Å². The number of ether oxygens (including phenoxy) is 1. The van der Waals surface area contributed by atoms with Crippen molar-refractivity contribution in [2.45, 2.75) is 32.4 Å². The predicted octanol–water partition coefficient (Wildman–Crippen LogP) is 1.01. The highest BCUT2D eigenvalue weighted by atomic mass is 16.5. The van der Waals surface area contributed by atoms with E-state index in [4.69, 9.17) is 10.5 Å². The Morgan fingerprint density at radius 2 is 1.91 bits per heavy atom. The van der Waals surface area contributed by atoms with E-state index in [9.17, 15) is 0 Å². The van der Waals surface area contributed by atoms with Gasteiger partial charge in [0.05, 0.1) is 6.10 Å². The van der Waals surface area contributed by atoms with Crippen LogP contribution in [0.25, 0.3) is 0 Å². The monoisotopic (exact) mass is 155 g/mol. The van der Waals surface area contributed by atoms with Gasteiger partial charge in [-0.25, -0.2) is 0 Å². The Hall–Kier alpha value is -0.520. The molecule has 2 nitrogen and oxygen atoms in total. The first-order valence-corrected chi connectivity index (χ1v) is 3.92. The minimum Gasteiger partial charge on any atom is -0.378 e. The molecule has 0 bridgehead atoms. The molecule has 0 amide bonds. The smallest absolute Gasteiger partial charge is 0.0587 e. The van der Waals surface area contributed by atoms with Crippen LogP contribution in [0.4, 0.5) is 0 Å². The molecule has 0 aromatic heterocycles. The molecule has 64 valence electrons. The fraction of sp³-hybridized carbons (Fsp3) is 0.778. The molecule has 0 aliphatic carbocycles. The molecule has 1 aliphatic rings. The van der Waals surface area contributed by atoms with Gasteiger partial charge in [0.2, 0.25) is 0 Å². The second kappa shape index (κ2) is 5.17. The van der Waals surface area contributed by atoms with Crippen LogP contribution in [0.1, 0.15) is 20.3 Å². The second-order valence-electron chi connectivity index (χ2n) is 2.89. The van der Waals surface area contributed by atoms with Gasteiger partial charge in [0.1, 0.15) is 0 Å². The van der Waals surface area contributed by atoms with Crippen LogP contribution in [0.15, 0.2) is 0 Å². The lowest BCUT2D eigenvalue weighted by Crippen LogP contribution is -2.41. The van der Waals surface area contributed by atoms with Gasteiger partial charge in [-0.05, 0) is 19.3 Å². The Labute approximate surface area is 69.1 Å². The molecule has 1 saturated heterocycles. The predicted molar refractivity (Wildman–Crippen MR) is 47.1 cm³/mol. The summed E-state index contributed by atoms with van der Waals surface area (Å²) < 4.78 is 5.38. The first-order valence-electron chi connectivity index (χ1n) is 3.92. The molecule has 3 atom stereocenters. The van der Waals surface area contributed by atoms with Crippen LogP contribution in [0, 0.1) is 18.8 Å². The van der Waals surface area contributed by atoms with Crippen LogP contribution in [0.2, 0.25) is 0 Å². The summed E-state index contributed by atoms with van der Waals surface area (Å²) in [6, 6.07) is 0.355. The minimum atomic E-state index is 0.355. The Morgan fingerprint density at radius 3 is 2.27 bits per heavy atom. The zero-order valence-corrected chi connectivity index (χ0v) is 7.29. The molecule has 1 rings (SSSR count). The largest absolute Gasteiger partial charge is 0.378 e. The third-order valence-electron chi connectivity index (χ3n) is 2.25. The zero-order chi connectivity index (χ0) is 8.85. The molecule has 0 radical (unpaired) electrons. The van der Waals surface area contributed by atoms with Gasteiger partial charge in [-0.2, -0.15) is 0 Å². The van der Waals surface area contributed by atoms with Crippen molar-refractivity contribution in [3.63, 3.8) is 0 Å². The van der Waals surface area contributed by atoms with E-state index < -0.39 is 0 Å². The first kappa shape index (κ1) is 10.5. The van der Waals surface area contributed by atoms with Crippen molar-refractivity contribution >= 4 is 0 Å². The summed E-state index contributed by atoms with van der Waals surface area (Å²) in [5, 5.41) is 0. The van der Waals surface area contributed by atoms with E-state index in [0.29, 0.717) is 18.1 Å². The Bertz CT molecular complexity index is 112. The van der Waals surface area contributed by atoms with E-state index in [2.05, 4.69) is 26.7 Å². The molecule has 1 heterocycles. The Balaban J connectivity index is 0.000000461. The molecule has 1 aliphatic heterocycles. The van der Waals surface area contributed by atoms with Crippen molar-refractivity contribution in [3.8, 4) is 12.8 Å². The number of rotatable bonds is 0. The van der Waals surface area contributed by atoms with Crippen LogP contribution in [0.5, 0.6) is 0 Å². The maximum Gasteiger partial charge on any atom is 0.0587 e. The van der Waals surface area contributed by atoms with Gasteiger partial charge in [0.25, 0.3) is 0 Å². The molecule has 0 aromatic rings. The molecule has 11 heavy (non-hydrogen) atoms. The van der Waals surface area contributed by atoms with Crippen molar-refractivity contribution in [3.05, 3.63) is 0 Å². The van der Waals surface area contributed by atoms with E-state index in [1.165, 1.54) is 0 Å². The van der Waals surface area contributed by atoms with Gasteiger partial charge in [-0.3, -0.25) is 0 Å². The van der Waals surface area contributed by atoms with Crippen LogP contribution >= 0.6 is 0 Å². The summed E-state index contributed by atoms with van der Waals surface area (Å²) in [6.07, 6.45) is 9.37. The quantitative estimate of drug-likeness (QED) is 0.530. The van der Waals surface area contributed by atoms with Crippen LogP contribution in [-0.2, 0) is 4.74 Å². The molecule has 0 saturated carbocycles. The van der Waals surface area contributed by atoms with Gasteiger partial charge >= 0.3 is 0 Å². The maximum atomic E-state index is 5.79. The lowest BCUT2D eigenvalue weighted by molar-refractivity contribution is -0.0181. The SMILES string of the molecule is C#C.C[C@@H]1[C@H](C)OCC[C@@H]1N. The highest BCUT2D eigenvalue weighted by Crippen LogP contribution is 2.18. The van der Waals surface area contributed by atoms with E-state index in [0.717, 1.165) is 13.0 Å². The van der Waals surface area contributed by atoms with Crippen molar-refractivity contribution in [2.24, 2.45) is 11.7 Å². The zero-order valence-electron chi connectivity index (χ0n) is 7.29. The number of terminal acetylenes is 1. The summed E-state index contributed by atoms with van der Waals surface area (Å²) in [6.45, 7) is 5.07. The standard InChI is InChI=1S/C7H15NO.C2H2/c1-5-6(2)9-4-3-7(5)8;1-2/h5-7H,3-4,8H2,1-2H3;1-2H/t5-,6+,7+;/m1./s1. The molecule has 2 N–H and O–H groups in total. The lowest BCUT2D eigenvalue weighted by Gasteiger charge is -2.31. The summed E-state index contributed by atoms with van der Waals surface area (Å²) in [5.41, 5.74) is 5.79. The number of hydrogen-bond acceptors (Lipinski definition) is 2. The summed E-state index contributed by atoms with van der Waals surface area (Å²) in [5.74, 6) is 0.527. The molecular formula is C9H17NO. The van der Waals surface area contributed by atoms with Gasteiger partial charge in [0.15, 0.2) is 0 Å². The highest BCUT2D eigenvalue weighted by Gasteiger charge is 2.24. The minimum absolute atomic E-state index is 0.355. The van der Waals surface area contributed by atoms with Crippen LogP contribution in [0.3, 0.4) is 0 Å². The van der Waals surface area contributed by atoms with Gasteiger partial charge in [0, 0.05) is 12.6 Å². The van der Waals surface area contributed by atoms with Crippen molar-refractivity contribution < 1.29 is 4.74 Å². The summed E-state index contributed by atoms with van der Waals surface area (Å²) in [4.78, 5) is 0. The fourth-order valence-electron chi connectivity index (χ4n) is 1.15. The summed E-state index contributed by atoms with van der Waals surface area (Å²) >= 11 is 0. The van der Waals surface area contributed by atoms with Crippen LogP contribution in [-0.4, -0.2) is 18.8 Å². The molecular weight excluding hydrogens is 138 g/mol. The van der Waals surface area contributed by atoms with Gasteiger partial charge in [-0.1, -0.05) is 6.92 Å². The van der Waals surface area contributed by atoms with Crippen LogP contribution < -0.4 is 5.73 Å². The fourth-order valence-corrected chi connectivity index (χ4v) is 1.15. The molecule has 0 unspecified atom stereocenters. The van der Waals surface area contributed by atoms with Gasteiger partial charge in [-0.15, -0.1) is 12.8 Å². The van der Waals surface area contributed by atoms with Crippen molar-refractivity contribution in [2.75, 3.05) is 6.61 Å². The lowest BCUT2D eigenvalue weighted by atomic mass is 9.93. The number of nitrogens with two attached hydrogens (primary N) is 1. The average Bonchev–Trinajstić information content (AvgIpc) is 2.04. The molecule has 0 spiro atoms. The van der Waals surface area contributed by atoms with E-state index in [1.54, 1.807) is 0 Å². The average molecular weight is 155 g/mol. The van der Waals surface area contributed by atoms with Gasteiger partial charge < -0.3 is 10.5 Å². The normalized spacial score (nSPS) is 37.0. The molecule has 2 heteroatoms. The maximum absolute atomic E-state index is 5.79. The van der Waals surface area contributed by atoms with E-state index in [1.807, 2.05) is 0 Å². The first-order chi connectivity index (χ1) is 5.22.